The van der Waals surface area contributed by atoms with Crippen molar-refractivity contribution >= 4 is 0 Å². The highest BCUT2D eigenvalue weighted by Crippen LogP contribution is 2.50. The lowest BCUT2D eigenvalue weighted by atomic mass is 9.74. The van der Waals surface area contributed by atoms with Gasteiger partial charge in [-0.05, 0) is 49.4 Å². The predicted octanol–water partition coefficient (Wildman–Crippen LogP) is 3.39. The third-order valence-electron chi connectivity index (χ3n) is 4.41. The average molecular weight is 162 g/mol. The van der Waals surface area contributed by atoms with Crippen LogP contribution in [0.3, 0.4) is 0 Å². The van der Waals surface area contributed by atoms with Crippen LogP contribution in [0.15, 0.2) is 12.2 Å². The lowest BCUT2D eigenvalue weighted by Gasteiger charge is -2.31. The van der Waals surface area contributed by atoms with E-state index in [9.17, 15) is 0 Å². The van der Waals surface area contributed by atoms with E-state index in [0.29, 0.717) is 0 Å². The van der Waals surface area contributed by atoms with Gasteiger partial charge >= 0.3 is 0 Å². The third kappa shape index (κ3) is 0.901. The summed E-state index contributed by atoms with van der Waals surface area (Å²) >= 11 is 0. The van der Waals surface area contributed by atoms with Gasteiger partial charge in [0.1, 0.15) is 0 Å². The Bertz CT molecular complexity index is 182. The Labute approximate surface area is 75.0 Å². The van der Waals surface area contributed by atoms with Crippen molar-refractivity contribution in [3.8, 4) is 0 Å². The van der Waals surface area contributed by atoms with Gasteiger partial charge in [-0.1, -0.05) is 25.0 Å². The van der Waals surface area contributed by atoms with Crippen molar-refractivity contribution < 1.29 is 0 Å². The molecule has 4 atom stereocenters. The predicted molar refractivity (Wildman–Crippen MR) is 50.8 cm³/mol. The maximum absolute atomic E-state index is 2.55. The zero-order chi connectivity index (χ0) is 7.97. The van der Waals surface area contributed by atoms with Crippen LogP contribution in [0, 0.1) is 23.7 Å². The van der Waals surface area contributed by atoms with Crippen molar-refractivity contribution in [3.05, 3.63) is 12.2 Å². The molecule has 12 heavy (non-hydrogen) atoms. The standard InChI is InChI=1S/C12H18/c1-3-9-7-8-10-4-2-6-12(10)11(9)5-1/h7-12H,1-6H2/t9-,10-,11-,12-/m1/s1. The first-order chi connectivity index (χ1) is 5.95. The van der Waals surface area contributed by atoms with Crippen LogP contribution in [0.2, 0.25) is 0 Å². The van der Waals surface area contributed by atoms with E-state index < -0.39 is 0 Å². The molecule has 0 heteroatoms. The molecule has 0 N–H and O–H groups in total. The van der Waals surface area contributed by atoms with Crippen LogP contribution in [0.25, 0.3) is 0 Å². The Morgan fingerprint density at radius 1 is 0.667 bits per heavy atom. The number of allylic oxidation sites excluding steroid dienone is 2. The minimum atomic E-state index is 0.990. The van der Waals surface area contributed by atoms with E-state index in [2.05, 4.69) is 12.2 Å². The Hall–Kier alpha value is -0.260. The Morgan fingerprint density at radius 2 is 1.17 bits per heavy atom. The normalized spacial score (nSPS) is 50.7. The summed E-state index contributed by atoms with van der Waals surface area (Å²) in [5, 5.41) is 0. The van der Waals surface area contributed by atoms with Gasteiger partial charge in [-0.2, -0.15) is 0 Å². The summed E-state index contributed by atoms with van der Waals surface area (Å²) in [6.07, 6.45) is 14.2. The van der Waals surface area contributed by atoms with Gasteiger partial charge in [0.25, 0.3) is 0 Å². The van der Waals surface area contributed by atoms with E-state index in [-0.39, 0.29) is 0 Å². The number of hydrogen-bond acceptors (Lipinski definition) is 0. The van der Waals surface area contributed by atoms with Gasteiger partial charge in [0.05, 0.1) is 0 Å². The van der Waals surface area contributed by atoms with Crippen LogP contribution < -0.4 is 0 Å². The number of rotatable bonds is 0. The summed E-state index contributed by atoms with van der Waals surface area (Å²) in [6.45, 7) is 0. The van der Waals surface area contributed by atoms with Gasteiger partial charge < -0.3 is 0 Å². The fourth-order valence-corrected chi connectivity index (χ4v) is 3.86. The quantitative estimate of drug-likeness (QED) is 0.479. The molecule has 3 aliphatic rings. The summed E-state index contributed by atoms with van der Waals surface area (Å²) in [7, 11) is 0. The van der Waals surface area contributed by atoms with E-state index in [4.69, 9.17) is 0 Å². The molecule has 0 nitrogen and oxygen atoms in total. The van der Waals surface area contributed by atoms with Crippen molar-refractivity contribution in [1.29, 1.82) is 0 Å². The molecule has 0 radical (unpaired) electrons. The highest BCUT2D eigenvalue weighted by Gasteiger charge is 2.40. The molecule has 0 unspecified atom stereocenters. The van der Waals surface area contributed by atoms with Crippen LogP contribution in [0.5, 0.6) is 0 Å². The van der Waals surface area contributed by atoms with E-state index in [1.54, 1.807) is 0 Å². The van der Waals surface area contributed by atoms with Crippen molar-refractivity contribution in [3.63, 3.8) is 0 Å². The van der Waals surface area contributed by atoms with E-state index in [0.717, 1.165) is 23.7 Å². The zero-order valence-corrected chi connectivity index (χ0v) is 7.71. The summed E-state index contributed by atoms with van der Waals surface area (Å²) in [5.74, 6) is 4.18. The van der Waals surface area contributed by atoms with Crippen LogP contribution in [-0.2, 0) is 0 Å². The van der Waals surface area contributed by atoms with Crippen molar-refractivity contribution in [2.24, 2.45) is 23.7 Å². The van der Waals surface area contributed by atoms with Gasteiger partial charge in [0, 0.05) is 0 Å². The molecule has 0 amide bonds. The Balaban J connectivity index is 1.89. The monoisotopic (exact) mass is 162 g/mol. The van der Waals surface area contributed by atoms with Gasteiger partial charge in [-0.15, -0.1) is 0 Å². The first-order valence-corrected chi connectivity index (χ1v) is 5.63. The molecule has 0 heterocycles. The van der Waals surface area contributed by atoms with E-state index >= 15 is 0 Å². The summed E-state index contributed by atoms with van der Waals surface area (Å²) in [4.78, 5) is 0. The average Bonchev–Trinajstić information content (AvgIpc) is 2.71. The molecule has 0 bridgehead atoms. The molecule has 2 saturated carbocycles. The topological polar surface area (TPSA) is 0 Å². The van der Waals surface area contributed by atoms with Crippen LogP contribution in [0.1, 0.15) is 38.5 Å². The lowest BCUT2D eigenvalue weighted by molar-refractivity contribution is 0.244. The number of fused-ring (bicyclic) bond motifs is 3. The van der Waals surface area contributed by atoms with Crippen molar-refractivity contribution in [2.45, 2.75) is 38.5 Å². The molecule has 0 aliphatic heterocycles. The molecule has 3 aliphatic carbocycles. The second-order valence-corrected chi connectivity index (χ2v) is 4.90. The minimum Gasteiger partial charge on any atom is -0.0848 e. The molecular formula is C12H18. The van der Waals surface area contributed by atoms with Gasteiger partial charge in [-0.25, -0.2) is 0 Å². The SMILES string of the molecule is C1=C[C@H]2CCC[C@H]2[C@@H]2CCC[C@H]12. The first-order valence-electron chi connectivity index (χ1n) is 5.63. The third-order valence-corrected chi connectivity index (χ3v) is 4.41. The van der Waals surface area contributed by atoms with Crippen LogP contribution >= 0.6 is 0 Å². The van der Waals surface area contributed by atoms with E-state index in [1.807, 2.05) is 0 Å². The molecule has 3 rings (SSSR count). The zero-order valence-electron chi connectivity index (χ0n) is 7.71. The Kier molecular flexibility index (Phi) is 1.56. The maximum Gasteiger partial charge on any atom is -0.0202 e. The van der Waals surface area contributed by atoms with Crippen molar-refractivity contribution in [2.75, 3.05) is 0 Å². The molecule has 66 valence electrons. The smallest absolute Gasteiger partial charge is 0.0202 e. The van der Waals surface area contributed by atoms with Gasteiger partial charge in [-0.3, -0.25) is 0 Å². The summed E-state index contributed by atoms with van der Waals surface area (Å²) < 4.78 is 0. The highest BCUT2D eigenvalue weighted by molar-refractivity contribution is 5.08. The molecule has 0 aromatic rings. The molecule has 0 spiro atoms. The second-order valence-electron chi connectivity index (χ2n) is 4.90. The van der Waals surface area contributed by atoms with Crippen LogP contribution in [0.4, 0.5) is 0 Å². The molecule has 0 saturated heterocycles. The fraction of sp³-hybridized carbons (Fsp3) is 0.833. The Morgan fingerprint density at radius 3 is 1.67 bits per heavy atom. The fourth-order valence-electron chi connectivity index (χ4n) is 3.86. The molecule has 2 fully saturated rings. The lowest BCUT2D eigenvalue weighted by Crippen LogP contribution is -2.24. The van der Waals surface area contributed by atoms with E-state index in [1.165, 1.54) is 38.5 Å². The highest BCUT2D eigenvalue weighted by atomic mass is 14.4. The minimum absolute atomic E-state index is 0.990. The molecular weight excluding hydrogens is 144 g/mol. The van der Waals surface area contributed by atoms with Gasteiger partial charge in [0.15, 0.2) is 0 Å². The van der Waals surface area contributed by atoms with Crippen LogP contribution in [-0.4, -0.2) is 0 Å². The van der Waals surface area contributed by atoms with Gasteiger partial charge in [0.2, 0.25) is 0 Å². The largest absolute Gasteiger partial charge is 0.0848 e. The summed E-state index contributed by atoms with van der Waals surface area (Å²) in [6, 6.07) is 0. The molecule has 0 aromatic carbocycles. The second kappa shape index (κ2) is 2.61. The first kappa shape index (κ1) is 7.17. The van der Waals surface area contributed by atoms with Crippen molar-refractivity contribution in [1.82, 2.24) is 0 Å². The maximum atomic E-state index is 2.55. The molecule has 0 aromatic heterocycles. The summed E-state index contributed by atoms with van der Waals surface area (Å²) in [5.41, 5.74) is 0. The number of hydrogen-bond donors (Lipinski definition) is 0.